The SMILES string of the molecule is CN(C)c1nc2ccccc2n2c(-c3ccccc3)nnc12. The fourth-order valence-corrected chi connectivity index (χ4v) is 2.64. The molecule has 0 aliphatic heterocycles. The number of benzene rings is 2. The second kappa shape index (κ2) is 4.80. The zero-order chi connectivity index (χ0) is 15.1. The zero-order valence-electron chi connectivity index (χ0n) is 12.4. The molecule has 0 fully saturated rings. The Labute approximate surface area is 127 Å². The standard InChI is InChI=1S/C17H15N5/c1-21(2)16-17-20-19-15(12-8-4-3-5-9-12)22(17)14-11-7-6-10-13(14)18-16/h3-11H,1-2H3. The van der Waals surface area contributed by atoms with E-state index in [1.54, 1.807) is 0 Å². The van der Waals surface area contributed by atoms with Crippen molar-refractivity contribution in [2.24, 2.45) is 0 Å². The summed E-state index contributed by atoms with van der Waals surface area (Å²) in [6, 6.07) is 18.2. The predicted octanol–water partition coefficient (Wildman–Crippen LogP) is 3.01. The van der Waals surface area contributed by atoms with Crippen molar-refractivity contribution >= 4 is 22.5 Å². The molecular weight excluding hydrogens is 274 g/mol. The summed E-state index contributed by atoms with van der Waals surface area (Å²) in [4.78, 5) is 6.68. The molecule has 2 heterocycles. The molecule has 2 aromatic heterocycles. The van der Waals surface area contributed by atoms with Crippen molar-refractivity contribution in [1.82, 2.24) is 19.6 Å². The van der Waals surface area contributed by atoms with Gasteiger partial charge in [0.05, 0.1) is 11.0 Å². The maximum Gasteiger partial charge on any atom is 0.204 e. The van der Waals surface area contributed by atoms with Gasteiger partial charge < -0.3 is 4.90 Å². The molecule has 0 radical (unpaired) electrons. The van der Waals surface area contributed by atoms with Crippen LogP contribution in [0.5, 0.6) is 0 Å². The van der Waals surface area contributed by atoms with Crippen LogP contribution in [0.4, 0.5) is 5.82 Å². The Morgan fingerprint density at radius 1 is 0.864 bits per heavy atom. The fraction of sp³-hybridized carbons (Fsp3) is 0.118. The van der Waals surface area contributed by atoms with Gasteiger partial charge in [0.25, 0.3) is 0 Å². The largest absolute Gasteiger partial charge is 0.360 e. The maximum absolute atomic E-state index is 4.71. The Kier molecular flexibility index (Phi) is 2.79. The normalized spacial score (nSPS) is 11.2. The Hall–Kier alpha value is -2.95. The van der Waals surface area contributed by atoms with Crippen LogP contribution in [0.15, 0.2) is 54.6 Å². The lowest BCUT2D eigenvalue weighted by Gasteiger charge is -2.14. The van der Waals surface area contributed by atoms with Crippen molar-refractivity contribution in [2.45, 2.75) is 0 Å². The number of hydrogen-bond donors (Lipinski definition) is 0. The molecule has 0 spiro atoms. The average molecular weight is 289 g/mol. The minimum atomic E-state index is 0.766. The summed E-state index contributed by atoms with van der Waals surface area (Å²) in [5.41, 5.74) is 3.74. The molecule has 0 N–H and O–H groups in total. The van der Waals surface area contributed by atoms with E-state index in [1.807, 2.05) is 73.6 Å². The molecule has 0 aliphatic carbocycles. The Bertz CT molecular complexity index is 957. The molecule has 22 heavy (non-hydrogen) atoms. The van der Waals surface area contributed by atoms with Gasteiger partial charge in [-0.15, -0.1) is 10.2 Å². The van der Waals surface area contributed by atoms with Crippen molar-refractivity contribution in [3.8, 4) is 11.4 Å². The van der Waals surface area contributed by atoms with E-state index in [1.165, 1.54) is 0 Å². The monoisotopic (exact) mass is 289 g/mol. The fourth-order valence-electron chi connectivity index (χ4n) is 2.64. The molecule has 0 saturated heterocycles. The third-order valence-electron chi connectivity index (χ3n) is 3.67. The lowest BCUT2D eigenvalue weighted by Crippen LogP contribution is -2.13. The van der Waals surface area contributed by atoms with Gasteiger partial charge in [0.2, 0.25) is 5.65 Å². The molecular formula is C17H15N5. The number of hydrogen-bond acceptors (Lipinski definition) is 4. The van der Waals surface area contributed by atoms with Crippen molar-refractivity contribution in [3.05, 3.63) is 54.6 Å². The van der Waals surface area contributed by atoms with Gasteiger partial charge in [0, 0.05) is 19.7 Å². The number of aromatic nitrogens is 4. The first-order valence-corrected chi connectivity index (χ1v) is 7.12. The highest BCUT2D eigenvalue weighted by molar-refractivity contribution is 5.85. The van der Waals surface area contributed by atoms with E-state index in [0.29, 0.717) is 0 Å². The second-order valence-corrected chi connectivity index (χ2v) is 5.37. The molecule has 108 valence electrons. The summed E-state index contributed by atoms with van der Waals surface area (Å²) in [5.74, 6) is 1.64. The zero-order valence-corrected chi connectivity index (χ0v) is 12.4. The van der Waals surface area contributed by atoms with Crippen molar-refractivity contribution in [3.63, 3.8) is 0 Å². The molecule has 4 aromatic rings. The summed E-state index contributed by atoms with van der Waals surface area (Å²) >= 11 is 0. The van der Waals surface area contributed by atoms with E-state index in [0.717, 1.165) is 33.9 Å². The van der Waals surface area contributed by atoms with Crippen LogP contribution >= 0.6 is 0 Å². The van der Waals surface area contributed by atoms with E-state index >= 15 is 0 Å². The summed E-state index contributed by atoms with van der Waals surface area (Å²) in [6.45, 7) is 0. The molecule has 2 aromatic carbocycles. The van der Waals surface area contributed by atoms with Gasteiger partial charge in [-0.3, -0.25) is 4.40 Å². The third kappa shape index (κ3) is 1.83. The summed E-state index contributed by atoms with van der Waals surface area (Å²) < 4.78 is 2.08. The van der Waals surface area contributed by atoms with Crippen molar-refractivity contribution < 1.29 is 0 Å². The van der Waals surface area contributed by atoms with Crippen LogP contribution in [0.1, 0.15) is 0 Å². The molecule has 5 heteroatoms. The van der Waals surface area contributed by atoms with E-state index in [2.05, 4.69) is 14.6 Å². The third-order valence-corrected chi connectivity index (χ3v) is 3.67. The molecule has 0 unspecified atom stereocenters. The topological polar surface area (TPSA) is 46.3 Å². The molecule has 4 rings (SSSR count). The Balaban J connectivity index is 2.17. The van der Waals surface area contributed by atoms with Crippen LogP contribution in [0.3, 0.4) is 0 Å². The minimum Gasteiger partial charge on any atom is -0.360 e. The number of anilines is 1. The smallest absolute Gasteiger partial charge is 0.204 e. The number of nitrogens with zero attached hydrogens (tertiary/aromatic N) is 5. The predicted molar refractivity (Wildman–Crippen MR) is 88.1 cm³/mol. The molecule has 0 bridgehead atoms. The molecule has 0 amide bonds. The van der Waals surface area contributed by atoms with Crippen LogP contribution < -0.4 is 4.90 Å². The molecule has 5 nitrogen and oxygen atoms in total. The van der Waals surface area contributed by atoms with Gasteiger partial charge in [0.1, 0.15) is 0 Å². The minimum absolute atomic E-state index is 0.766. The first kappa shape index (κ1) is 12.8. The highest BCUT2D eigenvalue weighted by Crippen LogP contribution is 2.27. The van der Waals surface area contributed by atoms with Gasteiger partial charge in [-0.2, -0.15) is 0 Å². The first-order chi connectivity index (χ1) is 10.8. The van der Waals surface area contributed by atoms with Gasteiger partial charge in [-0.05, 0) is 12.1 Å². The van der Waals surface area contributed by atoms with Gasteiger partial charge in [-0.25, -0.2) is 4.98 Å². The summed E-state index contributed by atoms with van der Waals surface area (Å²) in [6.07, 6.45) is 0. The van der Waals surface area contributed by atoms with Gasteiger partial charge in [0.15, 0.2) is 11.6 Å². The van der Waals surface area contributed by atoms with Crippen LogP contribution in [0.25, 0.3) is 28.1 Å². The van der Waals surface area contributed by atoms with Crippen LogP contribution in [0, 0.1) is 0 Å². The van der Waals surface area contributed by atoms with Crippen molar-refractivity contribution in [2.75, 3.05) is 19.0 Å². The number of para-hydroxylation sites is 2. The molecule has 0 aliphatic rings. The quantitative estimate of drug-likeness (QED) is 0.569. The highest BCUT2D eigenvalue weighted by Gasteiger charge is 2.16. The Morgan fingerprint density at radius 2 is 1.59 bits per heavy atom. The van der Waals surface area contributed by atoms with E-state index in [9.17, 15) is 0 Å². The lowest BCUT2D eigenvalue weighted by atomic mass is 10.2. The maximum atomic E-state index is 4.71. The molecule has 0 saturated carbocycles. The van der Waals surface area contributed by atoms with Crippen molar-refractivity contribution in [1.29, 1.82) is 0 Å². The number of fused-ring (bicyclic) bond motifs is 3. The highest BCUT2D eigenvalue weighted by atomic mass is 15.3. The average Bonchev–Trinajstić information content (AvgIpc) is 3.00. The van der Waals surface area contributed by atoms with Crippen LogP contribution in [-0.4, -0.2) is 33.7 Å². The lowest BCUT2D eigenvalue weighted by molar-refractivity contribution is 1.06. The second-order valence-electron chi connectivity index (χ2n) is 5.37. The summed E-state index contributed by atoms with van der Waals surface area (Å²) in [7, 11) is 3.93. The summed E-state index contributed by atoms with van der Waals surface area (Å²) in [5, 5.41) is 8.78. The van der Waals surface area contributed by atoms with E-state index in [-0.39, 0.29) is 0 Å². The number of rotatable bonds is 2. The van der Waals surface area contributed by atoms with Gasteiger partial charge in [-0.1, -0.05) is 42.5 Å². The van der Waals surface area contributed by atoms with Gasteiger partial charge >= 0.3 is 0 Å². The van der Waals surface area contributed by atoms with E-state index < -0.39 is 0 Å². The van der Waals surface area contributed by atoms with Crippen LogP contribution in [-0.2, 0) is 0 Å². The molecule has 0 atom stereocenters. The van der Waals surface area contributed by atoms with Crippen LogP contribution in [0.2, 0.25) is 0 Å². The van der Waals surface area contributed by atoms with E-state index in [4.69, 9.17) is 4.98 Å². The Morgan fingerprint density at radius 3 is 2.36 bits per heavy atom. The first-order valence-electron chi connectivity index (χ1n) is 7.12.